The van der Waals surface area contributed by atoms with Crippen LogP contribution in [0.4, 0.5) is 0 Å². The largest absolute Gasteiger partial charge is 0.469 e. The van der Waals surface area contributed by atoms with Crippen molar-refractivity contribution in [2.24, 2.45) is 0 Å². The summed E-state index contributed by atoms with van der Waals surface area (Å²) < 4.78 is 5.66. The Morgan fingerprint density at radius 3 is 3.19 bits per heavy atom. The number of hydrogen-bond donors (Lipinski definition) is 1. The van der Waals surface area contributed by atoms with Crippen LogP contribution in [0, 0.1) is 0 Å². The average Bonchev–Trinajstić information content (AvgIpc) is 3.16. The number of hydrogen-bond acceptors (Lipinski definition) is 5. The summed E-state index contributed by atoms with van der Waals surface area (Å²) in [5.74, 6) is -0.192. The maximum absolute atomic E-state index is 11.7. The summed E-state index contributed by atoms with van der Waals surface area (Å²) in [6, 6.07) is 6.37. The zero-order valence-electron chi connectivity index (χ0n) is 11.6. The summed E-state index contributed by atoms with van der Waals surface area (Å²) >= 11 is 9.42. The first-order valence-corrected chi connectivity index (χ1v) is 8.89. The summed E-state index contributed by atoms with van der Waals surface area (Å²) in [5, 5.41) is 5.64. The van der Waals surface area contributed by atoms with E-state index >= 15 is 0 Å². The van der Waals surface area contributed by atoms with E-state index in [1.807, 2.05) is 11.4 Å². The Labute approximate surface area is 136 Å². The highest BCUT2D eigenvalue weighted by molar-refractivity contribution is 7.16. The number of carbonyl (C=O) groups excluding carboxylic acids is 1. The Hall–Kier alpha value is -0.880. The van der Waals surface area contributed by atoms with Crippen LogP contribution in [0.1, 0.15) is 40.2 Å². The molecule has 2 heterocycles. The third kappa shape index (κ3) is 3.31. The van der Waals surface area contributed by atoms with Crippen LogP contribution in [0.5, 0.6) is 0 Å². The summed E-state index contributed by atoms with van der Waals surface area (Å²) in [6.45, 7) is 0. The van der Waals surface area contributed by atoms with E-state index in [0.29, 0.717) is 6.42 Å². The molecule has 0 radical (unpaired) electrons. The van der Waals surface area contributed by atoms with Crippen LogP contribution < -0.4 is 5.32 Å². The molecule has 6 heteroatoms. The van der Waals surface area contributed by atoms with E-state index in [2.05, 4.69) is 17.4 Å². The van der Waals surface area contributed by atoms with E-state index in [-0.39, 0.29) is 18.1 Å². The first kappa shape index (κ1) is 15.0. The monoisotopic (exact) mass is 341 g/mol. The standard InChI is InChI=1S/C15H16ClNO2S2/c1-19-15(18)8-11(13-3-2-6-20-13)17-10-4-5-12-9(10)7-14(16)21-12/h2-3,6-7,10-11,17H,4-5,8H2,1H3. The minimum atomic E-state index is -0.192. The second-order valence-corrected chi connectivity index (χ2v) is 7.78. The summed E-state index contributed by atoms with van der Waals surface area (Å²) in [4.78, 5) is 14.2. The molecule has 0 aliphatic heterocycles. The molecule has 3 nitrogen and oxygen atoms in total. The lowest BCUT2D eigenvalue weighted by atomic mass is 10.1. The Morgan fingerprint density at radius 1 is 1.62 bits per heavy atom. The Bertz CT molecular complexity index is 624. The lowest BCUT2D eigenvalue weighted by molar-refractivity contribution is -0.141. The lowest BCUT2D eigenvalue weighted by Crippen LogP contribution is -2.27. The molecule has 2 aromatic rings. The summed E-state index contributed by atoms with van der Waals surface area (Å²) in [7, 11) is 1.43. The number of thiophene rings is 2. The topological polar surface area (TPSA) is 38.3 Å². The van der Waals surface area contributed by atoms with Crippen molar-refractivity contribution >= 4 is 40.2 Å². The van der Waals surface area contributed by atoms with E-state index < -0.39 is 0 Å². The number of ether oxygens (including phenoxy) is 1. The molecular formula is C15H16ClNO2S2. The van der Waals surface area contributed by atoms with Gasteiger partial charge in [-0.2, -0.15) is 0 Å². The smallest absolute Gasteiger partial charge is 0.307 e. The maximum Gasteiger partial charge on any atom is 0.307 e. The lowest BCUT2D eigenvalue weighted by Gasteiger charge is -2.21. The van der Waals surface area contributed by atoms with Crippen LogP contribution in [0.25, 0.3) is 0 Å². The first-order valence-electron chi connectivity index (χ1n) is 6.81. The molecule has 0 bridgehead atoms. The molecule has 0 saturated heterocycles. The quantitative estimate of drug-likeness (QED) is 0.822. The van der Waals surface area contributed by atoms with Gasteiger partial charge in [0.25, 0.3) is 0 Å². The molecule has 2 aromatic heterocycles. The molecule has 2 atom stereocenters. The van der Waals surface area contributed by atoms with E-state index in [0.717, 1.165) is 22.1 Å². The van der Waals surface area contributed by atoms with Crippen molar-refractivity contribution in [3.05, 3.63) is 43.2 Å². The van der Waals surface area contributed by atoms with Gasteiger partial charge in [-0.05, 0) is 35.9 Å². The van der Waals surface area contributed by atoms with Gasteiger partial charge in [-0.15, -0.1) is 22.7 Å². The first-order chi connectivity index (χ1) is 10.2. The fourth-order valence-electron chi connectivity index (χ4n) is 2.73. The van der Waals surface area contributed by atoms with Gasteiger partial charge in [0.1, 0.15) is 0 Å². The van der Waals surface area contributed by atoms with Crippen molar-refractivity contribution in [3.63, 3.8) is 0 Å². The third-order valence-corrected chi connectivity index (χ3v) is 6.06. The van der Waals surface area contributed by atoms with Crippen LogP contribution in [-0.2, 0) is 16.0 Å². The Balaban J connectivity index is 1.77. The van der Waals surface area contributed by atoms with Gasteiger partial charge in [-0.3, -0.25) is 4.79 Å². The van der Waals surface area contributed by atoms with E-state index in [9.17, 15) is 4.79 Å². The Morgan fingerprint density at radius 2 is 2.48 bits per heavy atom. The molecule has 21 heavy (non-hydrogen) atoms. The fourth-order valence-corrected chi connectivity index (χ4v) is 4.87. The number of fused-ring (bicyclic) bond motifs is 1. The summed E-state index contributed by atoms with van der Waals surface area (Å²) in [6.07, 6.45) is 2.46. The van der Waals surface area contributed by atoms with Gasteiger partial charge in [-0.25, -0.2) is 0 Å². The van der Waals surface area contributed by atoms with Crippen LogP contribution in [0.15, 0.2) is 23.6 Å². The van der Waals surface area contributed by atoms with Gasteiger partial charge >= 0.3 is 5.97 Å². The zero-order chi connectivity index (χ0) is 14.8. The van der Waals surface area contributed by atoms with Crippen LogP contribution in [-0.4, -0.2) is 13.1 Å². The molecule has 0 aromatic carbocycles. The number of nitrogens with one attached hydrogen (secondary N) is 1. The number of halogens is 1. The van der Waals surface area contributed by atoms with Crippen molar-refractivity contribution < 1.29 is 9.53 Å². The predicted molar refractivity (Wildman–Crippen MR) is 87.2 cm³/mol. The number of rotatable bonds is 5. The normalized spacial score (nSPS) is 18.5. The number of esters is 1. The number of aryl methyl sites for hydroxylation is 1. The molecule has 2 unspecified atom stereocenters. The third-order valence-electron chi connectivity index (χ3n) is 3.73. The van der Waals surface area contributed by atoms with Gasteiger partial charge in [0, 0.05) is 15.8 Å². The van der Waals surface area contributed by atoms with Crippen LogP contribution in [0.2, 0.25) is 4.34 Å². The zero-order valence-corrected chi connectivity index (χ0v) is 14.0. The minimum absolute atomic E-state index is 0.00734. The van der Waals surface area contributed by atoms with Gasteiger partial charge < -0.3 is 10.1 Å². The fraction of sp³-hybridized carbons (Fsp3) is 0.400. The SMILES string of the molecule is COC(=O)CC(NC1CCc2sc(Cl)cc21)c1cccs1. The molecule has 0 saturated carbocycles. The average molecular weight is 342 g/mol. The summed E-state index contributed by atoms with van der Waals surface area (Å²) in [5.41, 5.74) is 1.29. The van der Waals surface area contributed by atoms with Gasteiger partial charge in [0.2, 0.25) is 0 Å². The van der Waals surface area contributed by atoms with E-state index in [1.54, 1.807) is 22.7 Å². The van der Waals surface area contributed by atoms with E-state index in [1.165, 1.54) is 17.6 Å². The van der Waals surface area contributed by atoms with Crippen molar-refractivity contribution in [3.8, 4) is 0 Å². The molecule has 112 valence electrons. The van der Waals surface area contributed by atoms with Gasteiger partial charge in [0.15, 0.2) is 0 Å². The number of methoxy groups -OCH3 is 1. The molecular weight excluding hydrogens is 326 g/mol. The predicted octanol–water partition coefficient (Wildman–Crippen LogP) is 4.34. The second-order valence-electron chi connectivity index (χ2n) is 5.04. The van der Waals surface area contributed by atoms with E-state index in [4.69, 9.17) is 16.3 Å². The van der Waals surface area contributed by atoms with Crippen molar-refractivity contribution in [2.75, 3.05) is 7.11 Å². The molecule has 3 rings (SSSR count). The molecule has 1 aliphatic rings. The molecule has 0 spiro atoms. The van der Waals surface area contributed by atoms with Crippen LogP contribution >= 0.6 is 34.3 Å². The van der Waals surface area contributed by atoms with Gasteiger partial charge in [0.05, 0.1) is 23.9 Å². The highest BCUT2D eigenvalue weighted by Crippen LogP contribution is 2.41. The highest BCUT2D eigenvalue weighted by atomic mass is 35.5. The Kier molecular flexibility index (Phi) is 4.64. The van der Waals surface area contributed by atoms with Crippen molar-refractivity contribution in [1.82, 2.24) is 5.32 Å². The number of carbonyl (C=O) groups is 1. The highest BCUT2D eigenvalue weighted by Gasteiger charge is 2.28. The molecule has 0 fully saturated rings. The van der Waals surface area contributed by atoms with Gasteiger partial charge in [-0.1, -0.05) is 17.7 Å². The molecule has 1 N–H and O–H groups in total. The molecule has 1 aliphatic carbocycles. The minimum Gasteiger partial charge on any atom is -0.469 e. The van der Waals surface area contributed by atoms with Crippen molar-refractivity contribution in [2.45, 2.75) is 31.3 Å². The second kappa shape index (κ2) is 6.48. The van der Waals surface area contributed by atoms with Crippen molar-refractivity contribution in [1.29, 1.82) is 0 Å². The molecule has 0 amide bonds. The van der Waals surface area contributed by atoms with Crippen LogP contribution in [0.3, 0.4) is 0 Å². The maximum atomic E-state index is 11.7.